The number of methoxy groups -OCH3 is 2. The van der Waals surface area contributed by atoms with E-state index in [2.05, 4.69) is 22.6 Å². The molecule has 1 atom stereocenters. The minimum Gasteiger partial charge on any atom is -0.496 e. The number of allylic oxidation sites excluding steroid dienone is 1. The van der Waals surface area contributed by atoms with Crippen molar-refractivity contribution in [1.29, 1.82) is 0 Å². The molecule has 1 aliphatic rings. The molecule has 8 nitrogen and oxygen atoms in total. The quantitative estimate of drug-likeness (QED) is 0.107. The summed E-state index contributed by atoms with van der Waals surface area (Å²) in [7, 11) is 3.20. The number of thiazole rings is 1. The number of aromatic nitrogens is 1. The molecule has 1 aliphatic heterocycles. The van der Waals surface area contributed by atoms with Crippen LogP contribution in [0.3, 0.4) is 0 Å². The summed E-state index contributed by atoms with van der Waals surface area (Å²) < 4.78 is 26.3. The molecule has 0 aliphatic carbocycles. The Morgan fingerprint density at radius 3 is 2.46 bits per heavy atom. The molecule has 1 aromatic heterocycles. The van der Waals surface area contributed by atoms with Crippen molar-refractivity contribution in [3.05, 3.63) is 130 Å². The molecule has 0 bridgehead atoms. The normalized spacial score (nSPS) is 14.4. The highest BCUT2D eigenvalue weighted by molar-refractivity contribution is 14.1. The summed E-state index contributed by atoms with van der Waals surface area (Å²) in [6.07, 6.45) is 3.13. The average Bonchev–Trinajstić information content (AvgIpc) is 3.40. The van der Waals surface area contributed by atoms with Crippen LogP contribution in [0.15, 0.2) is 99.9 Å². The van der Waals surface area contributed by atoms with Gasteiger partial charge in [-0.25, -0.2) is 9.79 Å². The number of esters is 1. The maximum absolute atomic E-state index is 14.5. The molecule has 10 heteroatoms. The first kappa shape index (κ1) is 33.5. The first-order chi connectivity index (χ1) is 23.4. The topological polar surface area (TPSA) is 88.4 Å². The second-order valence-corrected chi connectivity index (χ2v) is 13.3. The Morgan fingerprint density at radius 1 is 0.979 bits per heavy atom. The third-order valence-electron chi connectivity index (χ3n) is 8.09. The van der Waals surface area contributed by atoms with Crippen molar-refractivity contribution in [2.45, 2.75) is 39.3 Å². The maximum Gasteiger partial charge on any atom is 0.338 e. The van der Waals surface area contributed by atoms with E-state index < -0.39 is 12.0 Å². The Kier molecular flexibility index (Phi) is 10.3. The Balaban J connectivity index is 1.54. The molecule has 0 radical (unpaired) electrons. The Morgan fingerprint density at radius 2 is 1.73 bits per heavy atom. The van der Waals surface area contributed by atoms with E-state index in [0.29, 0.717) is 56.4 Å². The van der Waals surface area contributed by atoms with E-state index in [9.17, 15) is 9.59 Å². The van der Waals surface area contributed by atoms with Crippen LogP contribution < -0.4 is 29.1 Å². The highest BCUT2D eigenvalue weighted by Crippen LogP contribution is 2.41. The zero-order valence-electron chi connectivity index (χ0n) is 27.1. The van der Waals surface area contributed by atoms with Crippen molar-refractivity contribution >= 4 is 56.7 Å². The van der Waals surface area contributed by atoms with Crippen LogP contribution >= 0.6 is 33.9 Å². The second kappa shape index (κ2) is 14.8. The number of carbonyl (C=O) groups is 1. The lowest BCUT2D eigenvalue weighted by molar-refractivity contribution is -0.139. The summed E-state index contributed by atoms with van der Waals surface area (Å²) >= 11 is 3.51. The number of fused-ring (bicyclic) bond motifs is 2. The van der Waals surface area contributed by atoms with E-state index in [0.717, 1.165) is 31.9 Å². The van der Waals surface area contributed by atoms with Gasteiger partial charge in [0.1, 0.15) is 18.4 Å². The molecule has 246 valence electrons. The summed E-state index contributed by atoms with van der Waals surface area (Å²) in [5.41, 5.74) is 3.22. The molecule has 0 N–H and O–H groups in total. The van der Waals surface area contributed by atoms with Gasteiger partial charge in [0.25, 0.3) is 5.56 Å². The van der Waals surface area contributed by atoms with Crippen LogP contribution in [0.5, 0.6) is 17.2 Å². The highest BCUT2D eigenvalue weighted by Gasteiger charge is 2.37. The van der Waals surface area contributed by atoms with Gasteiger partial charge < -0.3 is 18.9 Å². The van der Waals surface area contributed by atoms with Crippen molar-refractivity contribution in [3.8, 4) is 17.2 Å². The highest BCUT2D eigenvalue weighted by atomic mass is 127. The molecule has 0 saturated carbocycles. The van der Waals surface area contributed by atoms with Gasteiger partial charge in [0.15, 0.2) is 16.3 Å². The summed E-state index contributed by atoms with van der Waals surface area (Å²) in [4.78, 5) is 33.7. The van der Waals surface area contributed by atoms with Gasteiger partial charge in [-0.1, -0.05) is 85.3 Å². The van der Waals surface area contributed by atoms with Crippen molar-refractivity contribution in [1.82, 2.24) is 4.57 Å². The summed E-state index contributed by atoms with van der Waals surface area (Å²) in [6, 6.07) is 24.7. The fourth-order valence-corrected chi connectivity index (χ4v) is 7.77. The lowest BCUT2D eigenvalue weighted by Gasteiger charge is -2.28. The molecule has 1 unspecified atom stereocenters. The van der Waals surface area contributed by atoms with Crippen LogP contribution in [-0.4, -0.2) is 31.4 Å². The number of benzene rings is 4. The van der Waals surface area contributed by atoms with Gasteiger partial charge in [-0.3, -0.25) is 9.36 Å². The van der Waals surface area contributed by atoms with Gasteiger partial charge in [0, 0.05) is 5.56 Å². The van der Waals surface area contributed by atoms with Crippen LogP contribution in [0, 0.1) is 3.57 Å². The predicted molar refractivity (Wildman–Crippen MR) is 197 cm³/mol. The van der Waals surface area contributed by atoms with Crippen LogP contribution in [0.25, 0.3) is 16.8 Å². The molecular weight excluding hydrogens is 739 g/mol. The minimum absolute atomic E-state index is 0.192. The van der Waals surface area contributed by atoms with Crippen LogP contribution in [-0.2, 0) is 16.1 Å². The lowest BCUT2D eigenvalue weighted by Crippen LogP contribution is -2.40. The molecule has 5 aromatic rings. The number of hydrogen-bond donors (Lipinski definition) is 0. The van der Waals surface area contributed by atoms with Gasteiger partial charge in [0.05, 0.1) is 40.2 Å². The maximum atomic E-state index is 14.5. The average molecular weight is 775 g/mol. The van der Waals surface area contributed by atoms with E-state index in [1.54, 1.807) is 25.7 Å². The zero-order chi connectivity index (χ0) is 33.8. The van der Waals surface area contributed by atoms with Crippen LogP contribution in [0.1, 0.15) is 49.4 Å². The Bertz CT molecular complexity index is 2210. The predicted octanol–water partition coefficient (Wildman–Crippen LogP) is 6.93. The van der Waals surface area contributed by atoms with E-state index in [-0.39, 0.29) is 12.2 Å². The van der Waals surface area contributed by atoms with Crippen LogP contribution in [0.4, 0.5) is 0 Å². The Labute approximate surface area is 296 Å². The van der Waals surface area contributed by atoms with E-state index >= 15 is 0 Å². The third kappa shape index (κ3) is 6.51. The first-order valence-electron chi connectivity index (χ1n) is 15.7. The second-order valence-electron chi connectivity index (χ2n) is 11.1. The zero-order valence-corrected chi connectivity index (χ0v) is 30.1. The number of halogens is 1. The van der Waals surface area contributed by atoms with E-state index in [1.807, 2.05) is 91.9 Å². The SMILES string of the molecule is CCCC1=C(C(=O)OCC)C(c2c(OC)ccc3ccccc23)n2c(s/c(=C\c3cc(I)c(OCc4ccccc4)c(OC)c3)c2=O)=N1. The van der Waals surface area contributed by atoms with Crippen molar-refractivity contribution in [3.63, 3.8) is 0 Å². The molecule has 2 heterocycles. The first-order valence-corrected chi connectivity index (χ1v) is 17.6. The number of carbonyl (C=O) groups excluding carboxylic acids is 1. The fraction of sp³-hybridized carbons (Fsp3) is 0.237. The van der Waals surface area contributed by atoms with Gasteiger partial charge in [-0.05, 0) is 82.1 Å². The standard InChI is InChI=1S/C38H35IN2O6S/c1-5-12-28-33(37(43)46-6-2)34(32-26-16-11-10-15-25(26)17-18-29(32)44-3)41-36(42)31(48-38(41)40-28)21-24-19-27(39)35(30(20-24)45-4)47-22-23-13-8-7-9-14-23/h7-11,13-21,34H,5-6,12,22H2,1-4H3/b31-21-. The molecule has 0 amide bonds. The van der Waals surface area contributed by atoms with Crippen molar-refractivity contribution < 1.29 is 23.7 Å². The molecule has 48 heavy (non-hydrogen) atoms. The number of hydrogen-bond acceptors (Lipinski definition) is 8. The largest absolute Gasteiger partial charge is 0.496 e. The molecule has 6 rings (SSSR count). The number of nitrogens with zero attached hydrogens (tertiary/aromatic N) is 2. The number of ether oxygens (including phenoxy) is 4. The molecule has 0 fully saturated rings. The summed E-state index contributed by atoms with van der Waals surface area (Å²) in [5.74, 6) is 1.26. The smallest absolute Gasteiger partial charge is 0.338 e. The molecule has 0 saturated heterocycles. The molecule has 0 spiro atoms. The number of rotatable bonds is 11. The van der Waals surface area contributed by atoms with Crippen molar-refractivity contribution in [2.24, 2.45) is 4.99 Å². The van der Waals surface area contributed by atoms with Gasteiger partial charge >= 0.3 is 5.97 Å². The lowest BCUT2D eigenvalue weighted by atomic mass is 9.90. The van der Waals surface area contributed by atoms with E-state index in [1.165, 1.54) is 11.3 Å². The monoisotopic (exact) mass is 774 g/mol. The fourth-order valence-electron chi connectivity index (χ4n) is 5.97. The summed E-state index contributed by atoms with van der Waals surface area (Å²) in [6.45, 7) is 4.40. The van der Waals surface area contributed by atoms with E-state index in [4.69, 9.17) is 23.9 Å². The molecular formula is C38H35IN2O6S. The molecule has 4 aromatic carbocycles. The van der Waals surface area contributed by atoms with Crippen molar-refractivity contribution in [2.75, 3.05) is 20.8 Å². The third-order valence-corrected chi connectivity index (χ3v) is 9.88. The Hall–Kier alpha value is -4.42. The minimum atomic E-state index is -0.812. The van der Waals surface area contributed by atoms with Gasteiger partial charge in [-0.2, -0.15) is 0 Å². The van der Waals surface area contributed by atoms with Gasteiger partial charge in [0.2, 0.25) is 0 Å². The summed E-state index contributed by atoms with van der Waals surface area (Å²) in [5, 5.41) is 1.84. The van der Waals surface area contributed by atoms with Gasteiger partial charge in [-0.15, -0.1) is 0 Å². The van der Waals surface area contributed by atoms with Crippen LogP contribution in [0.2, 0.25) is 0 Å².